The molecule has 0 bridgehead atoms. The molecule has 146 valence electrons. The van der Waals surface area contributed by atoms with Crippen LogP contribution in [0.4, 0.5) is 0 Å². The van der Waals surface area contributed by atoms with E-state index in [0.29, 0.717) is 12.1 Å². The Bertz CT molecular complexity index is 914. The van der Waals surface area contributed by atoms with Crippen molar-refractivity contribution in [3.05, 3.63) is 83.2 Å². The molecule has 1 amide bonds. The fraction of sp³-hybridized carbons (Fsp3) is 0.304. The number of amides is 1. The lowest BCUT2D eigenvalue weighted by Crippen LogP contribution is -2.41. The molecule has 0 saturated carbocycles. The Hall–Kier alpha value is -2.92. The molecule has 5 nitrogen and oxygen atoms in total. The molecule has 2 aromatic carbocycles. The molecular formula is C23H28N4O. The van der Waals surface area contributed by atoms with E-state index in [2.05, 4.69) is 27.4 Å². The van der Waals surface area contributed by atoms with Gasteiger partial charge < -0.3 is 10.2 Å². The number of aromatic nitrogens is 2. The largest absolute Gasteiger partial charge is 0.350 e. The lowest BCUT2D eigenvalue weighted by Gasteiger charge is -2.24. The van der Waals surface area contributed by atoms with E-state index in [4.69, 9.17) is 0 Å². The van der Waals surface area contributed by atoms with Crippen molar-refractivity contribution >= 4 is 5.91 Å². The minimum absolute atomic E-state index is 0.0557. The molecular weight excluding hydrogens is 348 g/mol. The second kappa shape index (κ2) is 8.85. The van der Waals surface area contributed by atoms with E-state index >= 15 is 0 Å². The Morgan fingerprint density at radius 3 is 2.32 bits per heavy atom. The van der Waals surface area contributed by atoms with Gasteiger partial charge in [-0.05, 0) is 70.3 Å². The Kier molecular flexibility index (Phi) is 6.26. The molecule has 0 fully saturated rings. The van der Waals surface area contributed by atoms with E-state index < -0.39 is 0 Å². The van der Waals surface area contributed by atoms with Gasteiger partial charge in [0.05, 0.1) is 11.4 Å². The van der Waals surface area contributed by atoms with Crippen LogP contribution >= 0.6 is 0 Å². The van der Waals surface area contributed by atoms with Crippen LogP contribution in [0.5, 0.6) is 0 Å². The van der Waals surface area contributed by atoms with Gasteiger partial charge in [0.2, 0.25) is 0 Å². The van der Waals surface area contributed by atoms with Gasteiger partial charge in [0.1, 0.15) is 0 Å². The Morgan fingerprint density at radius 2 is 1.75 bits per heavy atom. The molecule has 0 saturated heterocycles. The average molecular weight is 377 g/mol. The predicted octanol–water partition coefficient (Wildman–Crippen LogP) is 3.39. The molecule has 0 spiro atoms. The minimum Gasteiger partial charge on any atom is -0.350 e. The second-order valence-electron chi connectivity index (χ2n) is 7.40. The minimum atomic E-state index is -0.0557. The Morgan fingerprint density at radius 1 is 1.07 bits per heavy atom. The van der Waals surface area contributed by atoms with E-state index in [1.165, 1.54) is 5.56 Å². The van der Waals surface area contributed by atoms with Crippen molar-refractivity contribution < 1.29 is 4.79 Å². The fourth-order valence-electron chi connectivity index (χ4n) is 3.28. The summed E-state index contributed by atoms with van der Waals surface area (Å²) in [5.41, 5.74) is 4.93. The quantitative estimate of drug-likeness (QED) is 0.688. The third kappa shape index (κ3) is 4.87. The van der Waals surface area contributed by atoms with Crippen LogP contribution in [0.2, 0.25) is 0 Å². The first kappa shape index (κ1) is 19.8. The summed E-state index contributed by atoms with van der Waals surface area (Å²) in [6, 6.07) is 20.2. The van der Waals surface area contributed by atoms with Crippen molar-refractivity contribution in [3.8, 4) is 5.69 Å². The van der Waals surface area contributed by atoms with E-state index in [0.717, 1.165) is 23.5 Å². The van der Waals surface area contributed by atoms with Crippen molar-refractivity contribution in [2.45, 2.75) is 26.3 Å². The van der Waals surface area contributed by atoms with Gasteiger partial charge in [-0.25, -0.2) is 4.68 Å². The molecule has 1 atom stereocenters. The first-order chi connectivity index (χ1) is 13.4. The fourth-order valence-corrected chi connectivity index (χ4v) is 3.28. The van der Waals surface area contributed by atoms with Crippen LogP contribution in [-0.2, 0) is 6.42 Å². The summed E-state index contributed by atoms with van der Waals surface area (Å²) in [6.07, 6.45) is 0.894. The number of hydrogen-bond donors (Lipinski definition) is 1. The first-order valence-corrected chi connectivity index (χ1v) is 9.56. The van der Waals surface area contributed by atoms with Crippen molar-refractivity contribution in [2.24, 2.45) is 0 Å². The zero-order valence-electron chi connectivity index (χ0n) is 17.0. The molecule has 0 aliphatic rings. The number of nitrogens with zero attached hydrogens (tertiary/aromatic N) is 3. The monoisotopic (exact) mass is 376 g/mol. The van der Waals surface area contributed by atoms with Gasteiger partial charge in [-0.1, -0.05) is 30.3 Å². The third-order valence-corrected chi connectivity index (χ3v) is 4.93. The van der Waals surface area contributed by atoms with Crippen LogP contribution in [0.3, 0.4) is 0 Å². The number of aryl methyl sites for hydroxylation is 2. The summed E-state index contributed by atoms with van der Waals surface area (Å²) in [4.78, 5) is 14.7. The second-order valence-corrected chi connectivity index (χ2v) is 7.40. The van der Waals surface area contributed by atoms with E-state index in [-0.39, 0.29) is 11.9 Å². The zero-order chi connectivity index (χ0) is 20.1. The smallest absolute Gasteiger partial charge is 0.251 e. The van der Waals surface area contributed by atoms with Gasteiger partial charge in [0.15, 0.2) is 0 Å². The van der Waals surface area contributed by atoms with Gasteiger partial charge in [0, 0.05) is 23.8 Å². The molecule has 1 N–H and O–H groups in total. The van der Waals surface area contributed by atoms with Gasteiger partial charge in [0.25, 0.3) is 5.91 Å². The number of rotatable bonds is 7. The molecule has 5 heteroatoms. The number of carbonyl (C=O) groups is 1. The molecule has 0 aliphatic heterocycles. The lowest BCUT2D eigenvalue weighted by atomic mass is 10.0. The number of benzene rings is 2. The molecule has 0 radical (unpaired) electrons. The average Bonchev–Trinajstić information content (AvgIpc) is 3.03. The van der Waals surface area contributed by atoms with Gasteiger partial charge in [-0.3, -0.25) is 4.79 Å². The van der Waals surface area contributed by atoms with E-state index in [1.807, 2.05) is 81.2 Å². The Labute approximate surface area is 167 Å². The van der Waals surface area contributed by atoms with Crippen LogP contribution < -0.4 is 5.32 Å². The number of likely N-dealkylation sites (N-methyl/N-ethyl adjacent to an activating group) is 1. The highest BCUT2D eigenvalue weighted by Gasteiger charge is 2.15. The van der Waals surface area contributed by atoms with Gasteiger partial charge >= 0.3 is 0 Å². The highest BCUT2D eigenvalue weighted by molar-refractivity contribution is 5.94. The van der Waals surface area contributed by atoms with Crippen molar-refractivity contribution in [1.29, 1.82) is 0 Å². The maximum Gasteiger partial charge on any atom is 0.251 e. The summed E-state index contributed by atoms with van der Waals surface area (Å²) in [5.74, 6) is -0.0557. The molecule has 1 aromatic heterocycles. The normalized spacial score (nSPS) is 12.2. The van der Waals surface area contributed by atoms with E-state index in [9.17, 15) is 4.79 Å². The molecule has 1 unspecified atom stereocenters. The van der Waals surface area contributed by atoms with Gasteiger partial charge in [-0.15, -0.1) is 0 Å². The number of hydrogen-bond acceptors (Lipinski definition) is 3. The molecule has 3 aromatic rings. The summed E-state index contributed by atoms with van der Waals surface area (Å²) in [5, 5.41) is 7.56. The highest BCUT2D eigenvalue weighted by atomic mass is 16.1. The van der Waals surface area contributed by atoms with Crippen LogP contribution in [0.25, 0.3) is 5.69 Å². The van der Waals surface area contributed by atoms with Gasteiger partial charge in [-0.2, -0.15) is 5.10 Å². The maximum absolute atomic E-state index is 12.6. The number of nitrogens with one attached hydrogen (secondary N) is 1. The zero-order valence-corrected chi connectivity index (χ0v) is 17.0. The predicted molar refractivity (Wildman–Crippen MR) is 113 cm³/mol. The highest BCUT2D eigenvalue weighted by Crippen LogP contribution is 2.13. The summed E-state index contributed by atoms with van der Waals surface area (Å²) >= 11 is 0. The number of carbonyl (C=O) groups excluding carboxylic acids is 1. The Balaban J connectivity index is 1.62. The molecule has 1 heterocycles. The molecule has 3 rings (SSSR count). The van der Waals surface area contributed by atoms with E-state index in [1.54, 1.807) is 0 Å². The summed E-state index contributed by atoms with van der Waals surface area (Å²) < 4.78 is 1.89. The summed E-state index contributed by atoms with van der Waals surface area (Å²) in [6.45, 7) is 4.59. The summed E-state index contributed by atoms with van der Waals surface area (Å²) in [7, 11) is 4.09. The van der Waals surface area contributed by atoms with Crippen LogP contribution in [0.15, 0.2) is 60.7 Å². The molecule has 28 heavy (non-hydrogen) atoms. The van der Waals surface area contributed by atoms with Crippen LogP contribution in [-0.4, -0.2) is 47.3 Å². The van der Waals surface area contributed by atoms with Crippen molar-refractivity contribution in [3.63, 3.8) is 0 Å². The topological polar surface area (TPSA) is 50.2 Å². The van der Waals surface area contributed by atoms with Crippen molar-refractivity contribution in [1.82, 2.24) is 20.0 Å². The first-order valence-electron chi connectivity index (χ1n) is 9.56. The van der Waals surface area contributed by atoms with Crippen LogP contribution in [0.1, 0.15) is 27.3 Å². The third-order valence-electron chi connectivity index (χ3n) is 4.93. The molecule has 0 aliphatic carbocycles. The SMILES string of the molecule is Cc1cc(C)n(-c2ccc(C(=O)NCC(Cc3ccccc3)N(C)C)cc2)n1. The van der Waals surface area contributed by atoms with Crippen LogP contribution in [0, 0.1) is 13.8 Å². The standard InChI is InChI=1S/C23H28N4O/c1-17-14-18(2)27(25-17)21-12-10-20(11-13-21)23(28)24-16-22(26(3)4)15-19-8-6-5-7-9-19/h5-14,22H,15-16H2,1-4H3,(H,24,28). The maximum atomic E-state index is 12.6. The van der Waals surface area contributed by atoms with Crippen molar-refractivity contribution in [2.75, 3.05) is 20.6 Å². The lowest BCUT2D eigenvalue weighted by molar-refractivity contribution is 0.0941.